The van der Waals surface area contributed by atoms with Gasteiger partial charge in [0.1, 0.15) is 0 Å². The van der Waals surface area contributed by atoms with E-state index in [1.54, 1.807) is 7.11 Å². The Hall–Kier alpha value is -0.991. The zero-order valence-electron chi connectivity index (χ0n) is 7.41. The molecular weight excluding hydrogens is 231 g/mol. The molecule has 0 saturated heterocycles. The SMILES string of the molecule is COc1ccc(C[Se]C(=N)N)cc1. The number of amidine groups is 1. The van der Waals surface area contributed by atoms with Gasteiger partial charge in [-0.1, -0.05) is 0 Å². The van der Waals surface area contributed by atoms with E-state index in [0.717, 1.165) is 11.1 Å². The van der Waals surface area contributed by atoms with Crippen LogP contribution in [0.25, 0.3) is 0 Å². The fraction of sp³-hybridized carbons (Fsp3) is 0.222. The van der Waals surface area contributed by atoms with Crippen molar-refractivity contribution >= 4 is 19.7 Å². The molecule has 0 aliphatic rings. The molecule has 0 bridgehead atoms. The van der Waals surface area contributed by atoms with Crippen LogP contribution in [0.3, 0.4) is 0 Å². The summed E-state index contributed by atoms with van der Waals surface area (Å²) >= 11 is 0.0919. The van der Waals surface area contributed by atoms with E-state index in [9.17, 15) is 0 Å². The fourth-order valence-electron chi connectivity index (χ4n) is 0.883. The number of methoxy groups -OCH3 is 1. The molecule has 3 N–H and O–H groups in total. The number of ether oxygens (including phenoxy) is 1. The van der Waals surface area contributed by atoms with Gasteiger partial charge in [-0.2, -0.15) is 0 Å². The molecule has 13 heavy (non-hydrogen) atoms. The minimum atomic E-state index is 0.0919. The first-order valence-corrected chi connectivity index (χ1v) is 5.89. The Balaban J connectivity index is 2.54. The van der Waals surface area contributed by atoms with Crippen LogP contribution in [0.5, 0.6) is 5.75 Å². The predicted molar refractivity (Wildman–Crippen MR) is 54.4 cm³/mol. The molecule has 3 nitrogen and oxygen atoms in total. The van der Waals surface area contributed by atoms with E-state index < -0.39 is 0 Å². The van der Waals surface area contributed by atoms with Crippen LogP contribution in [0.2, 0.25) is 0 Å². The number of nitrogens with one attached hydrogen (secondary N) is 1. The van der Waals surface area contributed by atoms with Crippen molar-refractivity contribution in [3.05, 3.63) is 29.8 Å². The standard InChI is InChI=1S/C9H12N2OSe/c1-12-8-4-2-7(3-5-8)6-13-9(10)11/h2-5H,6H2,1H3,(H3,10,11). The molecule has 1 aromatic carbocycles. The summed E-state index contributed by atoms with van der Waals surface area (Å²) in [5, 5.41) is 7.98. The van der Waals surface area contributed by atoms with Crippen molar-refractivity contribution < 1.29 is 4.74 Å². The second-order valence-electron chi connectivity index (χ2n) is 2.50. The topological polar surface area (TPSA) is 59.1 Å². The van der Waals surface area contributed by atoms with Crippen molar-refractivity contribution in [2.24, 2.45) is 5.73 Å². The average molecular weight is 243 g/mol. The predicted octanol–water partition coefficient (Wildman–Crippen LogP) is 0.793. The first-order chi connectivity index (χ1) is 6.22. The monoisotopic (exact) mass is 244 g/mol. The molecule has 1 rings (SSSR count). The van der Waals surface area contributed by atoms with Crippen molar-refractivity contribution in [2.45, 2.75) is 5.32 Å². The molecule has 1 aromatic rings. The third-order valence-electron chi connectivity index (χ3n) is 1.55. The number of nitrogens with two attached hydrogens (primary N) is 1. The first-order valence-electron chi connectivity index (χ1n) is 3.82. The van der Waals surface area contributed by atoms with Gasteiger partial charge in [0.05, 0.1) is 0 Å². The number of benzene rings is 1. The van der Waals surface area contributed by atoms with Crippen molar-refractivity contribution in [2.75, 3.05) is 7.11 Å². The second-order valence-corrected chi connectivity index (χ2v) is 4.64. The van der Waals surface area contributed by atoms with Gasteiger partial charge in [-0.25, -0.2) is 0 Å². The minimum absolute atomic E-state index is 0.0919. The molecular formula is C9H12N2OSe. The van der Waals surface area contributed by atoms with E-state index in [0.29, 0.717) is 4.73 Å². The van der Waals surface area contributed by atoms with Crippen molar-refractivity contribution in [3.8, 4) is 5.75 Å². The Bertz CT molecular complexity index is 284. The van der Waals surface area contributed by atoms with Gasteiger partial charge in [0.15, 0.2) is 0 Å². The molecule has 0 aliphatic carbocycles. The van der Waals surface area contributed by atoms with Gasteiger partial charge in [0, 0.05) is 0 Å². The summed E-state index contributed by atoms with van der Waals surface area (Å²) in [6.07, 6.45) is 0. The molecule has 70 valence electrons. The van der Waals surface area contributed by atoms with Gasteiger partial charge < -0.3 is 0 Å². The van der Waals surface area contributed by atoms with Crippen molar-refractivity contribution in [1.29, 1.82) is 5.41 Å². The molecule has 0 heterocycles. The van der Waals surface area contributed by atoms with E-state index in [2.05, 4.69) is 0 Å². The summed E-state index contributed by atoms with van der Waals surface area (Å²) in [6.45, 7) is 0. The molecule has 0 radical (unpaired) electrons. The third-order valence-corrected chi connectivity index (χ3v) is 3.21. The Morgan fingerprint density at radius 2 is 2.08 bits per heavy atom. The Kier molecular flexibility index (Phi) is 3.80. The fourth-order valence-corrected chi connectivity index (χ4v) is 1.96. The zero-order chi connectivity index (χ0) is 9.68. The van der Waals surface area contributed by atoms with Gasteiger partial charge in [0.25, 0.3) is 0 Å². The van der Waals surface area contributed by atoms with Crippen LogP contribution in [0.15, 0.2) is 24.3 Å². The van der Waals surface area contributed by atoms with Crippen molar-refractivity contribution in [1.82, 2.24) is 0 Å². The zero-order valence-corrected chi connectivity index (χ0v) is 9.12. The third kappa shape index (κ3) is 3.49. The van der Waals surface area contributed by atoms with E-state index in [1.165, 1.54) is 5.56 Å². The van der Waals surface area contributed by atoms with Crippen LogP contribution < -0.4 is 10.5 Å². The van der Waals surface area contributed by atoms with Crippen LogP contribution in [0.1, 0.15) is 5.56 Å². The van der Waals surface area contributed by atoms with Gasteiger partial charge in [-0.3, -0.25) is 0 Å². The quantitative estimate of drug-likeness (QED) is 0.466. The Labute approximate surface area is 83.9 Å². The molecule has 0 fully saturated rings. The van der Waals surface area contributed by atoms with Gasteiger partial charge in [-0.15, -0.1) is 0 Å². The molecule has 0 saturated carbocycles. The number of rotatable bonds is 4. The summed E-state index contributed by atoms with van der Waals surface area (Å²) in [4.78, 5) is 0. The molecule has 0 aromatic heterocycles. The Morgan fingerprint density at radius 1 is 1.46 bits per heavy atom. The summed E-state index contributed by atoms with van der Waals surface area (Å²) in [7, 11) is 1.65. The van der Waals surface area contributed by atoms with E-state index in [-0.39, 0.29) is 15.0 Å². The molecule has 0 unspecified atom stereocenters. The maximum absolute atomic E-state index is 7.10. The summed E-state index contributed by atoms with van der Waals surface area (Å²) in [5.41, 5.74) is 6.49. The summed E-state index contributed by atoms with van der Waals surface area (Å²) in [6, 6.07) is 7.85. The first kappa shape index (κ1) is 10.1. The Morgan fingerprint density at radius 3 is 2.54 bits per heavy atom. The van der Waals surface area contributed by atoms with Crippen molar-refractivity contribution in [3.63, 3.8) is 0 Å². The molecule has 0 amide bonds. The van der Waals surface area contributed by atoms with Crippen LogP contribution in [-0.4, -0.2) is 26.8 Å². The van der Waals surface area contributed by atoms with Gasteiger partial charge in [-0.05, 0) is 0 Å². The molecule has 0 aliphatic heterocycles. The van der Waals surface area contributed by atoms with E-state index >= 15 is 0 Å². The normalized spacial score (nSPS) is 9.62. The van der Waals surface area contributed by atoms with E-state index in [1.807, 2.05) is 24.3 Å². The number of hydrogen-bond acceptors (Lipinski definition) is 2. The maximum atomic E-state index is 7.10. The average Bonchev–Trinajstić information content (AvgIpc) is 2.15. The van der Waals surface area contributed by atoms with Gasteiger partial charge in [0.2, 0.25) is 0 Å². The van der Waals surface area contributed by atoms with Crippen LogP contribution in [0.4, 0.5) is 0 Å². The number of hydrogen-bond donors (Lipinski definition) is 2. The van der Waals surface area contributed by atoms with Crippen LogP contribution in [0, 0.1) is 5.41 Å². The van der Waals surface area contributed by atoms with Crippen LogP contribution in [-0.2, 0) is 5.32 Å². The molecule has 0 spiro atoms. The van der Waals surface area contributed by atoms with E-state index in [4.69, 9.17) is 15.9 Å². The van der Waals surface area contributed by atoms with Gasteiger partial charge >= 0.3 is 83.6 Å². The molecule has 4 heteroatoms. The summed E-state index contributed by atoms with van der Waals surface area (Å²) < 4.78 is 5.33. The van der Waals surface area contributed by atoms with Crippen LogP contribution >= 0.6 is 0 Å². The summed E-state index contributed by atoms with van der Waals surface area (Å²) in [5.74, 6) is 0.860. The molecule has 0 atom stereocenters. The second kappa shape index (κ2) is 4.90.